The Labute approximate surface area is 186 Å². The number of ether oxygens (including phenoxy) is 1. The standard InChI is InChI=1S/C22H19ClF3N3O3/c23-15-5-16(24)19(27-6-15)28-8-17(30)29(7-13-1-3-14(4-2-13)18(25)26)22(20(28)31)9-21(10-22)11-32-12-21/h1-6,18H,7-12H2. The van der Waals surface area contributed by atoms with Crippen molar-refractivity contribution in [1.29, 1.82) is 0 Å². The summed E-state index contributed by atoms with van der Waals surface area (Å²) >= 11 is 5.78. The Morgan fingerprint density at radius 2 is 1.84 bits per heavy atom. The van der Waals surface area contributed by atoms with Crippen LogP contribution in [0.4, 0.5) is 19.0 Å². The number of pyridine rings is 1. The number of hydrogen-bond acceptors (Lipinski definition) is 4. The van der Waals surface area contributed by atoms with Gasteiger partial charge in [-0.15, -0.1) is 0 Å². The van der Waals surface area contributed by atoms with E-state index in [2.05, 4.69) is 4.98 Å². The number of aromatic nitrogens is 1. The van der Waals surface area contributed by atoms with E-state index >= 15 is 0 Å². The molecule has 3 aliphatic rings. The second-order valence-corrected chi connectivity index (χ2v) is 9.19. The van der Waals surface area contributed by atoms with Crippen LogP contribution in [0.5, 0.6) is 0 Å². The number of piperazine rings is 1. The van der Waals surface area contributed by atoms with E-state index in [0.29, 0.717) is 31.6 Å². The van der Waals surface area contributed by atoms with E-state index in [1.165, 1.54) is 35.4 Å². The van der Waals surface area contributed by atoms with Gasteiger partial charge < -0.3 is 9.64 Å². The van der Waals surface area contributed by atoms with Crippen molar-refractivity contribution in [2.45, 2.75) is 31.4 Å². The summed E-state index contributed by atoms with van der Waals surface area (Å²) in [6.07, 6.45) is -0.575. The Balaban J connectivity index is 1.47. The minimum absolute atomic E-state index is 0.0832. The highest BCUT2D eigenvalue weighted by molar-refractivity contribution is 6.30. The molecule has 168 valence electrons. The Morgan fingerprint density at radius 1 is 1.16 bits per heavy atom. The summed E-state index contributed by atoms with van der Waals surface area (Å²) in [5.74, 6) is -1.80. The van der Waals surface area contributed by atoms with Gasteiger partial charge in [-0.2, -0.15) is 0 Å². The number of benzene rings is 1. The minimum atomic E-state index is -2.59. The van der Waals surface area contributed by atoms with E-state index < -0.39 is 23.7 Å². The van der Waals surface area contributed by atoms with Crippen LogP contribution >= 0.6 is 11.6 Å². The molecular formula is C22H19ClF3N3O3. The smallest absolute Gasteiger partial charge is 0.263 e. The lowest BCUT2D eigenvalue weighted by atomic mass is 9.54. The molecule has 0 N–H and O–H groups in total. The highest BCUT2D eigenvalue weighted by atomic mass is 35.5. The van der Waals surface area contributed by atoms with E-state index in [1.807, 2.05) is 0 Å². The predicted molar refractivity (Wildman–Crippen MR) is 109 cm³/mol. The molecular weight excluding hydrogens is 447 g/mol. The third-order valence-corrected chi connectivity index (χ3v) is 6.73. The third kappa shape index (κ3) is 3.26. The quantitative estimate of drug-likeness (QED) is 0.690. The first kappa shape index (κ1) is 21.2. The molecule has 2 aromatic rings. The van der Waals surface area contributed by atoms with Crippen LogP contribution in [0.1, 0.15) is 30.4 Å². The Kier molecular flexibility index (Phi) is 4.94. The number of hydrogen-bond donors (Lipinski definition) is 0. The van der Waals surface area contributed by atoms with Crippen molar-refractivity contribution >= 4 is 29.2 Å². The number of carbonyl (C=O) groups excluding carboxylic acids is 2. The van der Waals surface area contributed by atoms with Crippen molar-refractivity contribution in [1.82, 2.24) is 9.88 Å². The van der Waals surface area contributed by atoms with E-state index in [4.69, 9.17) is 16.3 Å². The van der Waals surface area contributed by atoms with Crippen LogP contribution in [-0.4, -0.2) is 47.0 Å². The molecule has 1 aromatic heterocycles. The summed E-state index contributed by atoms with van der Waals surface area (Å²) < 4.78 is 45.6. The average Bonchev–Trinajstić information content (AvgIpc) is 2.69. The molecule has 0 atom stereocenters. The van der Waals surface area contributed by atoms with Crippen molar-refractivity contribution < 1.29 is 27.5 Å². The Bertz CT molecular complexity index is 1080. The number of alkyl halides is 2. The van der Waals surface area contributed by atoms with Gasteiger partial charge in [0.1, 0.15) is 12.1 Å². The summed E-state index contributed by atoms with van der Waals surface area (Å²) in [5, 5.41) is 0.0832. The number of carbonyl (C=O) groups is 2. The predicted octanol–water partition coefficient (Wildman–Crippen LogP) is 3.74. The number of amides is 2. The van der Waals surface area contributed by atoms with Gasteiger partial charge >= 0.3 is 0 Å². The van der Waals surface area contributed by atoms with Crippen molar-refractivity contribution in [3.8, 4) is 0 Å². The highest BCUT2D eigenvalue weighted by Crippen LogP contribution is 2.58. The molecule has 1 saturated carbocycles. The number of halogens is 4. The Hall–Kier alpha value is -2.65. The summed E-state index contributed by atoms with van der Waals surface area (Å²) in [4.78, 5) is 33.4. The van der Waals surface area contributed by atoms with Gasteiger partial charge in [0, 0.05) is 23.7 Å². The molecule has 5 rings (SSSR count). The zero-order valence-corrected chi connectivity index (χ0v) is 17.6. The lowest BCUT2D eigenvalue weighted by Gasteiger charge is -2.64. The summed E-state index contributed by atoms with van der Waals surface area (Å²) in [7, 11) is 0. The maximum atomic E-state index is 14.5. The van der Waals surface area contributed by atoms with Gasteiger partial charge in [-0.25, -0.2) is 18.2 Å². The van der Waals surface area contributed by atoms with Crippen LogP contribution in [-0.2, 0) is 20.9 Å². The van der Waals surface area contributed by atoms with Crippen molar-refractivity contribution in [2.24, 2.45) is 5.41 Å². The fourth-order valence-electron chi connectivity index (χ4n) is 4.99. The maximum absolute atomic E-state index is 14.5. The van der Waals surface area contributed by atoms with E-state index in [1.54, 1.807) is 0 Å². The second-order valence-electron chi connectivity index (χ2n) is 8.75. The van der Waals surface area contributed by atoms with Gasteiger partial charge in [-0.05, 0) is 24.5 Å². The number of anilines is 1. The molecule has 2 spiro atoms. The fourth-order valence-corrected chi connectivity index (χ4v) is 5.14. The molecule has 0 unspecified atom stereocenters. The molecule has 3 heterocycles. The van der Waals surface area contributed by atoms with Gasteiger partial charge in [0.05, 0.1) is 18.2 Å². The van der Waals surface area contributed by atoms with Crippen LogP contribution in [0.2, 0.25) is 5.02 Å². The normalized spacial score (nSPS) is 21.3. The van der Waals surface area contributed by atoms with E-state index in [-0.39, 0.29) is 40.8 Å². The second kappa shape index (κ2) is 7.45. The highest BCUT2D eigenvalue weighted by Gasteiger charge is 2.68. The van der Waals surface area contributed by atoms with Crippen LogP contribution in [0.25, 0.3) is 0 Å². The fraction of sp³-hybridized carbons (Fsp3) is 0.409. The first-order valence-electron chi connectivity index (χ1n) is 10.1. The molecule has 6 nitrogen and oxygen atoms in total. The van der Waals surface area contributed by atoms with Gasteiger partial charge in [0.15, 0.2) is 11.6 Å². The van der Waals surface area contributed by atoms with Crippen molar-refractivity contribution in [3.05, 3.63) is 58.5 Å². The van der Waals surface area contributed by atoms with Crippen molar-refractivity contribution in [3.63, 3.8) is 0 Å². The monoisotopic (exact) mass is 465 g/mol. The average molecular weight is 466 g/mol. The summed E-state index contributed by atoms with van der Waals surface area (Å²) in [6, 6.07) is 6.73. The lowest BCUT2D eigenvalue weighted by Crippen LogP contribution is -2.77. The zero-order valence-electron chi connectivity index (χ0n) is 16.9. The first-order valence-corrected chi connectivity index (χ1v) is 10.5. The minimum Gasteiger partial charge on any atom is -0.380 e. The third-order valence-electron chi connectivity index (χ3n) is 6.52. The van der Waals surface area contributed by atoms with E-state index in [0.717, 1.165) is 11.0 Å². The maximum Gasteiger partial charge on any atom is 0.263 e. The van der Waals surface area contributed by atoms with Gasteiger partial charge in [0.2, 0.25) is 5.91 Å². The molecule has 0 radical (unpaired) electrons. The number of nitrogens with zero attached hydrogens (tertiary/aromatic N) is 3. The van der Waals surface area contributed by atoms with E-state index in [9.17, 15) is 22.8 Å². The molecule has 1 aliphatic carbocycles. The van der Waals surface area contributed by atoms with Crippen LogP contribution in [0, 0.1) is 11.2 Å². The van der Waals surface area contributed by atoms with Crippen LogP contribution < -0.4 is 4.90 Å². The SMILES string of the molecule is O=C1CN(c2ncc(Cl)cc2F)C(=O)C2(CC3(COC3)C2)N1Cc1ccc(C(F)F)cc1. The Morgan fingerprint density at radius 3 is 2.41 bits per heavy atom. The molecule has 1 aromatic carbocycles. The van der Waals surface area contributed by atoms with Crippen LogP contribution in [0.3, 0.4) is 0 Å². The molecule has 0 bridgehead atoms. The topological polar surface area (TPSA) is 62.7 Å². The lowest BCUT2D eigenvalue weighted by molar-refractivity contribution is -0.221. The van der Waals surface area contributed by atoms with Gasteiger partial charge in [-0.3, -0.25) is 14.5 Å². The molecule has 2 amide bonds. The molecule has 2 saturated heterocycles. The molecule has 32 heavy (non-hydrogen) atoms. The van der Waals surface area contributed by atoms with Crippen LogP contribution in [0.15, 0.2) is 36.5 Å². The summed E-state index contributed by atoms with van der Waals surface area (Å²) in [6.45, 7) is 0.724. The number of rotatable bonds is 4. The molecule has 3 fully saturated rings. The largest absolute Gasteiger partial charge is 0.380 e. The summed E-state index contributed by atoms with van der Waals surface area (Å²) in [5.41, 5.74) is -0.823. The first-order chi connectivity index (χ1) is 15.2. The molecule has 2 aliphatic heterocycles. The van der Waals surface area contributed by atoms with Gasteiger partial charge in [0.25, 0.3) is 12.3 Å². The van der Waals surface area contributed by atoms with Gasteiger partial charge in [-0.1, -0.05) is 35.9 Å². The zero-order chi connectivity index (χ0) is 22.7. The molecule has 10 heteroatoms. The van der Waals surface area contributed by atoms with Crippen molar-refractivity contribution in [2.75, 3.05) is 24.7 Å².